The van der Waals surface area contributed by atoms with Gasteiger partial charge < -0.3 is 19.9 Å². The summed E-state index contributed by atoms with van der Waals surface area (Å²) in [6, 6.07) is 8.13. The lowest BCUT2D eigenvalue weighted by Crippen LogP contribution is -2.50. The second kappa shape index (κ2) is 7.25. The molecule has 2 heterocycles. The minimum atomic E-state index is -0.901. The van der Waals surface area contributed by atoms with Crippen LogP contribution in [0.2, 0.25) is 0 Å². The van der Waals surface area contributed by atoms with Crippen LogP contribution < -0.4 is 10.1 Å². The van der Waals surface area contributed by atoms with E-state index in [0.717, 1.165) is 12.2 Å². The molecule has 2 N–H and O–H groups in total. The number of nitrogens with one attached hydrogen (secondary N) is 1. The molecule has 3 aliphatic rings. The van der Waals surface area contributed by atoms with Gasteiger partial charge in [-0.2, -0.15) is 0 Å². The van der Waals surface area contributed by atoms with E-state index in [4.69, 9.17) is 9.47 Å². The van der Waals surface area contributed by atoms with E-state index in [-0.39, 0.29) is 23.3 Å². The highest BCUT2D eigenvalue weighted by atomic mass is 16.6. The average Bonchev–Trinajstić information content (AvgIpc) is 3.13. The average molecular weight is 403 g/mol. The van der Waals surface area contributed by atoms with Crippen molar-refractivity contribution in [2.75, 3.05) is 19.7 Å². The van der Waals surface area contributed by atoms with E-state index in [2.05, 4.69) is 25.2 Å². The topological polar surface area (TPSA) is 71.0 Å². The highest BCUT2D eigenvalue weighted by molar-refractivity contribution is 5.83. The van der Waals surface area contributed by atoms with Crippen molar-refractivity contribution in [2.45, 2.75) is 64.5 Å². The number of fused-ring (bicyclic) bond motifs is 2. The predicted molar refractivity (Wildman–Crippen MR) is 110 cm³/mol. The number of hydrogen-bond acceptors (Lipinski definition) is 5. The lowest BCUT2D eigenvalue weighted by molar-refractivity contribution is -0.236. The quantitative estimate of drug-likeness (QED) is 0.741. The van der Waals surface area contributed by atoms with Crippen LogP contribution in [-0.4, -0.2) is 53.2 Å². The molecule has 1 aliphatic carbocycles. The first kappa shape index (κ1) is 20.6. The molecule has 0 bridgehead atoms. The fourth-order valence-corrected chi connectivity index (χ4v) is 5.10. The van der Waals surface area contributed by atoms with Crippen LogP contribution in [0.1, 0.15) is 52.5 Å². The summed E-state index contributed by atoms with van der Waals surface area (Å²) in [5, 5.41) is 13.6. The summed E-state index contributed by atoms with van der Waals surface area (Å²) in [6.45, 7) is 12.1. The first-order valence-electron chi connectivity index (χ1n) is 10.7. The van der Waals surface area contributed by atoms with Crippen LogP contribution in [0.4, 0.5) is 0 Å². The SMILES string of the molecule is CC(C)(C)OC(O)N1C[C@@H]2[C@H](C1)[C@H]2C(=O)NC(C)(C)C1CCOc2ccccc21. The number of para-hydroxylation sites is 1. The van der Waals surface area contributed by atoms with Crippen LogP contribution in [-0.2, 0) is 9.53 Å². The van der Waals surface area contributed by atoms with E-state index < -0.39 is 12.0 Å². The summed E-state index contributed by atoms with van der Waals surface area (Å²) in [5.74, 6) is 1.96. The summed E-state index contributed by atoms with van der Waals surface area (Å²) in [5.41, 5.74) is 0.434. The molecule has 0 aromatic heterocycles. The van der Waals surface area contributed by atoms with Gasteiger partial charge in [-0.05, 0) is 64.5 Å². The third-order valence-electron chi connectivity index (χ3n) is 6.57. The smallest absolute Gasteiger partial charge is 0.224 e. The molecule has 1 saturated carbocycles. The number of benzene rings is 1. The van der Waals surface area contributed by atoms with E-state index in [1.807, 2.05) is 43.9 Å². The molecule has 5 atom stereocenters. The molecule has 160 valence electrons. The van der Waals surface area contributed by atoms with Crippen LogP contribution >= 0.6 is 0 Å². The van der Waals surface area contributed by atoms with Gasteiger partial charge in [0.25, 0.3) is 0 Å². The van der Waals surface area contributed by atoms with Crippen molar-refractivity contribution in [2.24, 2.45) is 17.8 Å². The third-order valence-corrected chi connectivity index (χ3v) is 6.57. The van der Waals surface area contributed by atoms with Gasteiger partial charge in [0, 0.05) is 30.5 Å². The van der Waals surface area contributed by atoms with E-state index in [1.165, 1.54) is 5.56 Å². The number of nitrogens with zero attached hydrogens (tertiary/aromatic N) is 1. The molecule has 2 aliphatic heterocycles. The highest BCUT2D eigenvalue weighted by Gasteiger charge is 2.61. The van der Waals surface area contributed by atoms with Gasteiger partial charge in [-0.25, -0.2) is 0 Å². The van der Waals surface area contributed by atoms with Gasteiger partial charge in [0.2, 0.25) is 12.3 Å². The van der Waals surface area contributed by atoms with Gasteiger partial charge in [-0.1, -0.05) is 18.2 Å². The fourth-order valence-electron chi connectivity index (χ4n) is 5.10. The van der Waals surface area contributed by atoms with Crippen molar-refractivity contribution in [3.05, 3.63) is 29.8 Å². The Bertz CT molecular complexity index is 760. The summed E-state index contributed by atoms with van der Waals surface area (Å²) in [6.07, 6.45) is -0.00644. The molecule has 2 unspecified atom stereocenters. The molecule has 6 nitrogen and oxygen atoms in total. The second-order valence-corrected chi connectivity index (χ2v) is 10.3. The molecule has 1 aromatic carbocycles. The summed E-state index contributed by atoms with van der Waals surface area (Å²) < 4.78 is 11.4. The molecule has 0 spiro atoms. The van der Waals surface area contributed by atoms with E-state index in [1.54, 1.807) is 0 Å². The molecular formula is C23H34N2O4. The van der Waals surface area contributed by atoms with Crippen molar-refractivity contribution in [3.8, 4) is 5.75 Å². The number of likely N-dealkylation sites (tertiary alicyclic amines) is 1. The van der Waals surface area contributed by atoms with E-state index >= 15 is 0 Å². The second-order valence-electron chi connectivity index (χ2n) is 10.3. The molecule has 6 heteroatoms. The van der Waals surface area contributed by atoms with Gasteiger partial charge in [-0.15, -0.1) is 0 Å². The summed E-state index contributed by atoms with van der Waals surface area (Å²) >= 11 is 0. The highest BCUT2D eigenvalue weighted by Crippen LogP contribution is 2.53. The normalized spacial score (nSPS) is 30.1. The van der Waals surface area contributed by atoms with Gasteiger partial charge >= 0.3 is 0 Å². The van der Waals surface area contributed by atoms with Crippen LogP contribution in [0.3, 0.4) is 0 Å². The van der Waals surface area contributed by atoms with Crippen LogP contribution in [0.5, 0.6) is 5.75 Å². The summed E-state index contributed by atoms with van der Waals surface area (Å²) in [7, 11) is 0. The zero-order chi connectivity index (χ0) is 21.0. The van der Waals surface area contributed by atoms with E-state index in [9.17, 15) is 9.90 Å². The Morgan fingerprint density at radius 3 is 2.52 bits per heavy atom. The number of carbonyl (C=O) groups is 1. The lowest BCUT2D eigenvalue weighted by atomic mass is 9.78. The number of piperidine rings is 1. The first-order valence-corrected chi connectivity index (χ1v) is 10.7. The monoisotopic (exact) mass is 402 g/mol. The zero-order valence-electron chi connectivity index (χ0n) is 18.1. The zero-order valence-corrected chi connectivity index (χ0v) is 18.1. The molecule has 2 fully saturated rings. The number of hydrogen-bond donors (Lipinski definition) is 2. The van der Waals surface area contributed by atoms with Gasteiger partial charge in [-0.3, -0.25) is 9.69 Å². The molecule has 29 heavy (non-hydrogen) atoms. The number of rotatable bonds is 5. The number of aliphatic hydroxyl groups is 1. The van der Waals surface area contributed by atoms with Crippen LogP contribution in [0.15, 0.2) is 24.3 Å². The minimum absolute atomic E-state index is 0.0439. The maximum absolute atomic E-state index is 13.0. The van der Waals surface area contributed by atoms with Crippen LogP contribution in [0, 0.1) is 17.8 Å². The first-order chi connectivity index (χ1) is 13.6. The van der Waals surface area contributed by atoms with Crippen molar-refractivity contribution in [1.29, 1.82) is 0 Å². The van der Waals surface area contributed by atoms with E-state index in [0.29, 0.717) is 31.5 Å². The largest absolute Gasteiger partial charge is 0.493 e. The van der Waals surface area contributed by atoms with Gasteiger partial charge in [0.15, 0.2) is 0 Å². The fraction of sp³-hybridized carbons (Fsp3) is 0.696. The standard InChI is InChI=1S/C23H34N2O4/c1-22(2,3)29-21(27)25-12-15-16(13-25)19(15)20(26)24-23(4,5)17-10-11-28-18-9-7-6-8-14(17)18/h6-9,15-17,19,21,27H,10-13H2,1-5H3,(H,24,26)/t15-,16+,17?,19+,21?. The van der Waals surface area contributed by atoms with Crippen molar-refractivity contribution in [3.63, 3.8) is 0 Å². The molecule has 1 saturated heterocycles. The number of ether oxygens (including phenoxy) is 2. The molecule has 4 rings (SSSR count). The Labute approximate surface area is 173 Å². The van der Waals surface area contributed by atoms with Crippen molar-refractivity contribution >= 4 is 5.91 Å². The van der Waals surface area contributed by atoms with Crippen LogP contribution in [0.25, 0.3) is 0 Å². The number of aliphatic hydroxyl groups excluding tert-OH is 1. The van der Waals surface area contributed by atoms with Crippen molar-refractivity contribution < 1.29 is 19.4 Å². The Hall–Kier alpha value is -1.63. The Morgan fingerprint density at radius 1 is 1.21 bits per heavy atom. The Balaban J connectivity index is 1.35. The van der Waals surface area contributed by atoms with Crippen molar-refractivity contribution in [1.82, 2.24) is 10.2 Å². The van der Waals surface area contributed by atoms with Gasteiger partial charge in [0.1, 0.15) is 5.75 Å². The molecule has 0 radical (unpaired) electrons. The maximum atomic E-state index is 13.0. The summed E-state index contributed by atoms with van der Waals surface area (Å²) in [4.78, 5) is 15.0. The Morgan fingerprint density at radius 2 is 1.86 bits per heavy atom. The molecular weight excluding hydrogens is 368 g/mol. The molecule has 1 aromatic rings. The Kier molecular flexibility index (Phi) is 5.16. The van der Waals surface area contributed by atoms with Gasteiger partial charge in [0.05, 0.1) is 12.2 Å². The number of carbonyl (C=O) groups excluding carboxylic acids is 1. The maximum Gasteiger partial charge on any atom is 0.224 e. The minimum Gasteiger partial charge on any atom is -0.493 e. The number of amides is 1. The molecule has 1 amide bonds. The third kappa shape index (κ3) is 4.16. The lowest BCUT2D eigenvalue weighted by Gasteiger charge is -2.39. The predicted octanol–water partition coefficient (Wildman–Crippen LogP) is 2.72.